The first-order valence-electron chi connectivity index (χ1n) is 5.65. The third kappa shape index (κ3) is 4.33. The molecule has 0 amide bonds. The van der Waals surface area contributed by atoms with Gasteiger partial charge in [-0.25, -0.2) is 0 Å². The summed E-state index contributed by atoms with van der Waals surface area (Å²) in [6.45, 7) is 2.01. The number of thioether (sulfide) groups is 1. The Morgan fingerprint density at radius 3 is 2.84 bits per heavy atom. The molecule has 0 radical (unpaired) electrons. The Hall–Kier alpha value is -1.40. The van der Waals surface area contributed by atoms with Gasteiger partial charge in [0.05, 0.1) is 6.21 Å². The second-order valence-corrected chi connectivity index (χ2v) is 5.77. The Labute approximate surface area is 120 Å². The van der Waals surface area contributed by atoms with E-state index in [0.717, 1.165) is 5.56 Å². The molecule has 1 heterocycles. The number of benzene rings is 1. The van der Waals surface area contributed by atoms with Gasteiger partial charge in [-0.2, -0.15) is 0 Å². The van der Waals surface area contributed by atoms with Gasteiger partial charge in [0.25, 0.3) is 0 Å². The molecular formula is C12H12ClN3O2S. The number of carbonyl (C=O) groups excluding carboxylic acids is 1. The summed E-state index contributed by atoms with van der Waals surface area (Å²) in [6, 6.07) is 7.17. The molecule has 2 unspecified atom stereocenters. The molecule has 1 aliphatic rings. The molecule has 0 fully saturated rings. The van der Waals surface area contributed by atoms with Crippen LogP contribution in [-0.2, 0) is 16.1 Å². The van der Waals surface area contributed by atoms with Crippen molar-refractivity contribution >= 4 is 35.5 Å². The van der Waals surface area contributed by atoms with Crippen molar-refractivity contribution in [3.05, 3.63) is 34.9 Å². The number of hydrogen-bond donors (Lipinski definition) is 0. The summed E-state index contributed by atoms with van der Waals surface area (Å²) in [4.78, 5) is 11.8. The maximum Gasteiger partial charge on any atom is 0.319 e. The Kier molecular flexibility index (Phi) is 4.93. The lowest BCUT2D eigenvalue weighted by molar-refractivity contribution is -0.143. The molecule has 0 N–H and O–H groups in total. The molecule has 0 bridgehead atoms. The van der Waals surface area contributed by atoms with Crippen molar-refractivity contribution in [2.45, 2.75) is 24.2 Å². The largest absolute Gasteiger partial charge is 0.460 e. The predicted molar refractivity (Wildman–Crippen MR) is 75.4 cm³/mol. The minimum atomic E-state index is -0.319. The Balaban J connectivity index is 1.78. The molecule has 100 valence electrons. The van der Waals surface area contributed by atoms with Crippen molar-refractivity contribution in [3.63, 3.8) is 0 Å². The maximum atomic E-state index is 11.8. The van der Waals surface area contributed by atoms with Crippen molar-refractivity contribution < 1.29 is 9.53 Å². The van der Waals surface area contributed by atoms with Gasteiger partial charge in [-0.1, -0.05) is 23.7 Å². The first-order valence-corrected chi connectivity index (χ1v) is 6.97. The zero-order valence-electron chi connectivity index (χ0n) is 10.2. The zero-order chi connectivity index (χ0) is 13.7. The van der Waals surface area contributed by atoms with E-state index in [1.807, 2.05) is 12.1 Å². The van der Waals surface area contributed by atoms with E-state index >= 15 is 0 Å². The SMILES string of the molecule is CC(SC1C=NN=N1)C(=O)OCc1ccc(Cl)cc1. The average Bonchev–Trinajstić information content (AvgIpc) is 2.90. The lowest BCUT2D eigenvalue weighted by Crippen LogP contribution is -2.19. The number of halogens is 1. The van der Waals surface area contributed by atoms with E-state index in [0.29, 0.717) is 5.02 Å². The second kappa shape index (κ2) is 6.68. The van der Waals surface area contributed by atoms with Crippen molar-refractivity contribution in [2.75, 3.05) is 0 Å². The molecule has 2 atom stereocenters. The Bertz CT molecular complexity index is 492. The summed E-state index contributed by atoms with van der Waals surface area (Å²) in [5, 5.41) is 11.1. The van der Waals surface area contributed by atoms with E-state index in [1.165, 1.54) is 11.8 Å². The molecule has 1 aliphatic heterocycles. The number of carbonyl (C=O) groups is 1. The van der Waals surface area contributed by atoms with Gasteiger partial charge in [0.1, 0.15) is 11.9 Å². The number of hydrogen-bond acceptors (Lipinski definition) is 6. The maximum absolute atomic E-state index is 11.8. The van der Waals surface area contributed by atoms with Crippen LogP contribution in [0.4, 0.5) is 0 Å². The molecule has 0 spiro atoms. The second-order valence-electron chi connectivity index (χ2n) is 3.87. The Morgan fingerprint density at radius 1 is 1.47 bits per heavy atom. The molecule has 0 aromatic heterocycles. The van der Waals surface area contributed by atoms with Crippen LogP contribution in [0.1, 0.15) is 12.5 Å². The van der Waals surface area contributed by atoms with Gasteiger partial charge >= 0.3 is 5.97 Å². The number of ether oxygens (including phenoxy) is 1. The fourth-order valence-corrected chi connectivity index (χ4v) is 2.32. The quantitative estimate of drug-likeness (QED) is 0.783. The van der Waals surface area contributed by atoms with Crippen LogP contribution in [-0.4, -0.2) is 22.8 Å². The standard InChI is InChI=1S/C12H12ClN3O2S/c1-8(19-11-6-14-16-15-11)12(17)18-7-9-2-4-10(13)5-3-9/h2-6,8,11H,7H2,1H3. The zero-order valence-corrected chi connectivity index (χ0v) is 11.8. The van der Waals surface area contributed by atoms with E-state index in [2.05, 4.69) is 15.4 Å². The van der Waals surface area contributed by atoms with Gasteiger partial charge in [-0.3, -0.25) is 4.79 Å². The summed E-state index contributed by atoms with van der Waals surface area (Å²) in [5.41, 5.74) is 0.900. The van der Waals surface area contributed by atoms with Crippen LogP contribution in [0.25, 0.3) is 0 Å². The van der Waals surface area contributed by atoms with Crippen molar-refractivity contribution in [1.82, 2.24) is 0 Å². The van der Waals surface area contributed by atoms with Crippen LogP contribution in [0.15, 0.2) is 39.7 Å². The van der Waals surface area contributed by atoms with Gasteiger partial charge in [-0.15, -0.1) is 22.0 Å². The highest BCUT2D eigenvalue weighted by molar-refractivity contribution is 8.01. The highest BCUT2D eigenvalue weighted by atomic mass is 35.5. The number of nitrogens with zero attached hydrogens (tertiary/aromatic N) is 3. The van der Waals surface area contributed by atoms with E-state index in [4.69, 9.17) is 16.3 Å². The fraction of sp³-hybridized carbons (Fsp3) is 0.333. The minimum Gasteiger partial charge on any atom is -0.460 e. The van der Waals surface area contributed by atoms with E-state index in [-0.39, 0.29) is 23.2 Å². The number of rotatable bonds is 5. The molecule has 5 nitrogen and oxygen atoms in total. The van der Waals surface area contributed by atoms with Crippen molar-refractivity contribution in [1.29, 1.82) is 0 Å². The lowest BCUT2D eigenvalue weighted by Gasteiger charge is -2.12. The van der Waals surface area contributed by atoms with E-state index in [1.54, 1.807) is 25.3 Å². The molecule has 1 aromatic carbocycles. The van der Waals surface area contributed by atoms with Crippen LogP contribution >= 0.6 is 23.4 Å². The van der Waals surface area contributed by atoms with Crippen LogP contribution in [0.3, 0.4) is 0 Å². The van der Waals surface area contributed by atoms with Gasteiger partial charge in [0, 0.05) is 5.02 Å². The van der Waals surface area contributed by atoms with Crippen LogP contribution in [0, 0.1) is 0 Å². The van der Waals surface area contributed by atoms with Crippen LogP contribution in [0.5, 0.6) is 0 Å². The molecule has 19 heavy (non-hydrogen) atoms. The van der Waals surface area contributed by atoms with E-state index in [9.17, 15) is 4.79 Å². The summed E-state index contributed by atoms with van der Waals surface area (Å²) < 4.78 is 5.22. The molecule has 7 heteroatoms. The number of esters is 1. The predicted octanol–water partition coefficient (Wildman–Crippen LogP) is 3.28. The van der Waals surface area contributed by atoms with Gasteiger partial charge in [0.2, 0.25) is 0 Å². The monoisotopic (exact) mass is 297 g/mol. The van der Waals surface area contributed by atoms with Crippen molar-refractivity contribution in [2.24, 2.45) is 15.4 Å². The molecule has 2 rings (SSSR count). The smallest absolute Gasteiger partial charge is 0.319 e. The molecule has 0 aliphatic carbocycles. The van der Waals surface area contributed by atoms with Crippen LogP contribution < -0.4 is 0 Å². The summed E-state index contributed by atoms with van der Waals surface area (Å²) >= 11 is 7.12. The van der Waals surface area contributed by atoms with Gasteiger partial charge in [-0.05, 0) is 29.8 Å². The molecular weight excluding hydrogens is 286 g/mol. The third-order valence-corrected chi connectivity index (χ3v) is 3.73. The first-order chi connectivity index (χ1) is 9.15. The molecule has 0 saturated carbocycles. The highest BCUT2D eigenvalue weighted by Gasteiger charge is 2.21. The highest BCUT2D eigenvalue weighted by Crippen LogP contribution is 2.21. The van der Waals surface area contributed by atoms with E-state index < -0.39 is 0 Å². The topological polar surface area (TPSA) is 63.4 Å². The van der Waals surface area contributed by atoms with Gasteiger partial charge < -0.3 is 4.74 Å². The molecule has 0 saturated heterocycles. The summed E-state index contributed by atoms with van der Waals surface area (Å²) in [7, 11) is 0. The molecule has 1 aromatic rings. The van der Waals surface area contributed by atoms with Crippen LogP contribution in [0.2, 0.25) is 5.02 Å². The summed E-state index contributed by atoms with van der Waals surface area (Å²) in [5.74, 6) is -0.282. The summed E-state index contributed by atoms with van der Waals surface area (Å²) in [6.07, 6.45) is 1.59. The Morgan fingerprint density at radius 2 is 2.21 bits per heavy atom. The van der Waals surface area contributed by atoms with Crippen molar-refractivity contribution in [3.8, 4) is 0 Å². The van der Waals surface area contributed by atoms with Gasteiger partial charge in [0.15, 0.2) is 5.37 Å². The minimum absolute atomic E-state index is 0.196. The normalized spacial score (nSPS) is 18.5. The third-order valence-electron chi connectivity index (χ3n) is 2.38. The lowest BCUT2D eigenvalue weighted by atomic mass is 10.2. The fourth-order valence-electron chi connectivity index (χ4n) is 1.38. The first kappa shape index (κ1) is 14.0. The average molecular weight is 298 g/mol.